The summed E-state index contributed by atoms with van der Waals surface area (Å²) < 4.78 is 11.3. The molecule has 5 nitrogen and oxygen atoms in total. The zero-order chi connectivity index (χ0) is 18.7. The predicted octanol–water partition coefficient (Wildman–Crippen LogP) is 4.51. The third-order valence-corrected chi connectivity index (χ3v) is 4.68. The van der Waals surface area contributed by atoms with Crippen LogP contribution in [0.25, 0.3) is 10.8 Å². The molecule has 1 heterocycles. The molecule has 1 aromatic heterocycles. The number of hydrogen-bond acceptors (Lipinski definition) is 4. The molecule has 0 bridgehead atoms. The van der Waals surface area contributed by atoms with Gasteiger partial charge in [-0.2, -0.15) is 0 Å². The zero-order valence-electron chi connectivity index (χ0n) is 15.7. The fourth-order valence-corrected chi connectivity index (χ4v) is 3.04. The Labute approximate surface area is 153 Å². The molecule has 0 aliphatic rings. The second kappa shape index (κ2) is 7.60. The Hall–Kier alpha value is -2.82. The minimum Gasteiger partial charge on any atom is -0.488 e. The molecule has 0 N–H and O–H groups in total. The summed E-state index contributed by atoms with van der Waals surface area (Å²) in [7, 11) is 0. The first-order valence-electron chi connectivity index (χ1n) is 8.91. The van der Waals surface area contributed by atoms with Gasteiger partial charge in [-0.25, -0.2) is 0 Å². The van der Waals surface area contributed by atoms with Crippen molar-refractivity contribution in [2.24, 2.45) is 0 Å². The fraction of sp³-hybridized carbons (Fsp3) is 0.333. The number of aromatic nitrogens is 1. The van der Waals surface area contributed by atoms with E-state index in [9.17, 15) is 4.79 Å². The lowest BCUT2D eigenvalue weighted by molar-refractivity contribution is 0.0768. The van der Waals surface area contributed by atoms with Crippen molar-refractivity contribution in [3.8, 4) is 5.75 Å². The van der Waals surface area contributed by atoms with Crippen LogP contribution < -0.4 is 4.74 Å². The Morgan fingerprint density at radius 2 is 1.77 bits per heavy atom. The number of rotatable bonds is 6. The van der Waals surface area contributed by atoms with E-state index in [1.54, 1.807) is 4.90 Å². The summed E-state index contributed by atoms with van der Waals surface area (Å²) in [6.07, 6.45) is 0. The number of benzene rings is 2. The van der Waals surface area contributed by atoms with Crippen LogP contribution in [0.1, 0.15) is 41.2 Å². The lowest BCUT2D eigenvalue weighted by Crippen LogP contribution is -2.30. The second-order valence-electron chi connectivity index (χ2n) is 6.26. The molecule has 0 radical (unpaired) electrons. The van der Waals surface area contributed by atoms with E-state index in [0.29, 0.717) is 31.0 Å². The molecule has 5 heteroatoms. The average molecular weight is 352 g/mol. The normalized spacial score (nSPS) is 10.9. The molecule has 2 aromatic carbocycles. The van der Waals surface area contributed by atoms with Crippen molar-refractivity contribution >= 4 is 16.7 Å². The topological polar surface area (TPSA) is 55.6 Å². The maximum atomic E-state index is 13.0. The summed E-state index contributed by atoms with van der Waals surface area (Å²) in [6.45, 7) is 9.34. The number of fused-ring (bicyclic) bond motifs is 1. The van der Waals surface area contributed by atoms with E-state index in [4.69, 9.17) is 9.26 Å². The van der Waals surface area contributed by atoms with Crippen molar-refractivity contribution in [2.75, 3.05) is 13.1 Å². The highest BCUT2D eigenvalue weighted by molar-refractivity contribution is 6.01. The standard InChI is InChI=1S/C21H24N2O3/c1-5-23(6-2)21(24)18-11-16-9-7-8-10-17(16)12-20(18)25-13-19-14(3)22-26-15(19)4/h7-12H,5-6,13H2,1-4H3. The molecule has 0 aliphatic carbocycles. The Kier molecular flexibility index (Phi) is 5.26. The number of carbonyl (C=O) groups is 1. The molecule has 0 fully saturated rings. The van der Waals surface area contributed by atoms with Crippen molar-refractivity contribution in [1.29, 1.82) is 0 Å². The van der Waals surface area contributed by atoms with E-state index < -0.39 is 0 Å². The highest BCUT2D eigenvalue weighted by Crippen LogP contribution is 2.28. The molecular formula is C21H24N2O3. The van der Waals surface area contributed by atoms with Crippen LogP contribution in [0, 0.1) is 13.8 Å². The summed E-state index contributed by atoms with van der Waals surface area (Å²) in [5.41, 5.74) is 2.30. The van der Waals surface area contributed by atoms with Gasteiger partial charge in [0.15, 0.2) is 0 Å². The van der Waals surface area contributed by atoms with Gasteiger partial charge in [-0.15, -0.1) is 0 Å². The zero-order valence-corrected chi connectivity index (χ0v) is 15.7. The first-order valence-corrected chi connectivity index (χ1v) is 8.91. The van der Waals surface area contributed by atoms with Gasteiger partial charge in [-0.3, -0.25) is 4.79 Å². The first kappa shape index (κ1) is 18.0. The van der Waals surface area contributed by atoms with Gasteiger partial charge >= 0.3 is 0 Å². The smallest absolute Gasteiger partial charge is 0.257 e. The van der Waals surface area contributed by atoms with Gasteiger partial charge in [0.25, 0.3) is 5.91 Å². The number of aryl methyl sites for hydroxylation is 2. The number of hydrogen-bond donors (Lipinski definition) is 0. The van der Waals surface area contributed by atoms with Crippen LogP contribution in [0.4, 0.5) is 0 Å². The first-order chi connectivity index (χ1) is 12.5. The van der Waals surface area contributed by atoms with Crippen LogP contribution in [0.5, 0.6) is 5.75 Å². The van der Waals surface area contributed by atoms with Crippen LogP contribution >= 0.6 is 0 Å². The predicted molar refractivity (Wildman–Crippen MR) is 102 cm³/mol. The third kappa shape index (κ3) is 3.43. The second-order valence-corrected chi connectivity index (χ2v) is 6.26. The Morgan fingerprint density at radius 1 is 1.12 bits per heavy atom. The number of amides is 1. The van der Waals surface area contributed by atoms with E-state index in [1.165, 1.54) is 0 Å². The van der Waals surface area contributed by atoms with Crippen molar-refractivity contribution in [2.45, 2.75) is 34.3 Å². The molecule has 0 atom stereocenters. The molecule has 136 valence electrons. The van der Waals surface area contributed by atoms with E-state index in [-0.39, 0.29) is 5.91 Å². The van der Waals surface area contributed by atoms with Gasteiger partial charge in [0.05, 0.1) is 16.8 Å². The largest absolute Gasteiger partial charge is 0.488 e. The monoisotopic (exact) mass is 352 g/mol. The summed E-state index contributed by atoms with van der Waals surface area (Å²) in [5.74, 6) is 1.30. The van der Waals surface area contributed by atoms with Crippen LogP contribution in [0.3, 0.4) is 0 Å². The Bertz CT molecular complexity index is 907. The van der Waals surface area contributed by atoms with E-state index in [1.807, 2.05) is 64.1 Å². The summed E-state index contributed by atoms with van der Waals surface area (Å²) in [6, 6.07) is 11.8. The molecule has 26 heavy (non-hydrogen) atoms. The molecular weight excluding hydrogens is 328 g/mol. The molecule has 0 spiro atoms. The molecule has 0 unspecified atom stereocenters. The van der Waals surface area contributed by atoms with Crippen LogP contribution in [0.15, 0.2) is 40.9 Å². The maximum Gasteiger partial charge on any atom is 0.257 e. The molecule has 3 aromatic rings. The minimum absolute atomic E-state index is 0.0190. The highest BCUT2D eigenvalue weighted by atomic mass is 16.5. The van der Waals surface area contributed by atoms with E-state index in [2.05, 4.69) is 5.16 Å². The van der Waals surface area contributed by atoms with Crippen molar-refractivity contribution in [3.63, 3.8) is 0 Å². The van der Waals surface area contributed by atoms with Crippen molar-refractivity contribution < 1.29 is 14.1 Å². The SMILES string of the molecule is CCN(CC)C(=O)c1cc2ccccc2cc1OCc1c(C)noc1C. The fourth-order valence-electron chi connectivity index (χ4n) is 3.04. The van der Waals surface area contributed by atoms with Gasteiger partial charge in [-0.05, 0) is 50.6 Å². The lowest BCUT2D eigenvalue weighted by Gasteiger charge is -2.21. The van der Waals surface area contributed by atoms with Crippen LogP contribution in [-0.4, -0.2) is 29.1 Å². The molecule has 0 aliphatic heterocycles. The number of ether oxygens (including phenoxy) is 1. The minimum atomic E-state index is -0.0190. The quantitative estimate of drug-likeness (QED) is 0.655. The average Bonchev–Trinajstić information content (AvgIpc) is 2.98. The van der Waals surface area contributed by atoms with Crippen molar-refractivity contribution in [3.05, 3.63) is 59.0 Å². The summed E-state index contributed by atoms with van der Waals surface area (Å²) in [5, 5.41) is 6.02. The molecule has 1 amide bonds. The Morgan fingerprint density at radius 3 is 2.35 bits per heavy atom. The van der Waals surface area contributed by atoms with Gasteiger partial charge in [-0.1, -0.05) is 29.4 Å². The van der Waals surface area contributed by atoms with Crippen LogP contribution in [-0.2, 0) is 6.61 Å². The van der Waals surface area contributed by atoms with Gasteiger partial charge in [0.2, 0.25) is 0 Å². The third-order valence-electron chi connectivity index (χ3n) is 4.68. The molecule has 0 saturated heterocycles. The summed E-state index contributed by atoms with van der Waals surface area (Å²) >= 11 is 0. The highest BCUT2D eigenvalue weighted by Gasteiger charge is 2.19. The molecule has 3 rings (SSSR count). The van der Waals surface area contributed by atoms with Crippen LogP contribution in [0.2, 0.25) is 0 Å². The van der Waals surface area contributed by atoms with E-state index >= 15 is 0 Å². The number of carbonyl (C=O) groups excluding carboxylic acids is 1. The van der Waals surface area contributed by atoms with Gasteiger partial charge in [0, 0.05) is 13.1 Å². The van der Waals surface area contributed by atoms with Gasteiger partial charge in [0.1, 0.15) is 18.1 Å². The van der Waals surface area contributed by atoms with Crippen molar-refractivity contribution in [1.82, 2.24) is 10.1 Å². The Balaban J connectivity index is 2.01. The number of nitrogens with zero attached hydrogens (tertiary/aromatic N) is 2. The van der Waals surface area contributed by atoms with Gasteiger partial charge < -0.3 is 14.2 Å². The summed E-state index contributed by atoms with van der Waals surface area (Å²) in [4.78, 5) is 14.8. The van der Waals surface area contributed by atoms with E-state index in [0.717, 1.165) is 27.8 Å². The lowest BCUT2D eigenvalue weighted by atomic mass is 10.0. The maximum absolute atomic E-state index is 13.0. The molecule has 0 saturated carbocycles.